The van der Waals surface area contributed by atoms with Crippen LogP contribution in [-0.2, 0) is 4.74 Å². The van der Waals surface area contributed by atoms with Gasteiger partial charge in [0.2, 0.25) is 0 Å². The Bertz CT molecular complexity index is 442. The van der Waals surface area contributed by atoms with Crippen LogP contribution >= 0.6 is 0 Å². The molecule has 0 bridgehead atoms. The number of pyridine rings is 1. The summed E-state index contributed by atoms with van der Waals surface area (Å²) in [6.45, 7) is 6.49. The summed E-state index contributed by atoms with van der Waals surface area (Å²) >= 11 is 0. The van der Waals surface area contributed by atoms with Crippen LogP contribution in [0, 0.1) is 0 Å². The van der Waals surface area contributed by atoms with Crippen LogP contribution in [0.5, 0.6) is 0 Å². The van der Waals surface area contributed by atoms with Crippen molar-refractivity contribution in [1.29, 1.82) is 0 Å². The van der Waals surface area contributed by atoms with Gasteiger partial charge in [0, 0.05) is 6.54 Å². The molecule has 1 aliphatic rings. The minimum Gasteiger partial charge on any atom is -0.409 e. The number of amidine groups is 1. The molecule has 0 aromatic carbocycles. The number of nitrogens with two attached hydrogens (primary N) is 1. The van der Waals surface area contributed by atoms with E-state index in [0.717, 1.165) is 12.2 Å². The van der Waals surface area contributed by atoms with Crippen LogP contribution in [-0.4, -0.2) is 41.3 Å². The van der Waals surface area contributed by atoms with E-state index in [1.54, 1.807) is 12.3 Å². The predicted molar refractivity (Wildman–Crippen MR) is 69.0 cm³/mol. The third kappa shape index (κ3) is 2.38. The third-order valence-electron chi connectivity index (χ3n) is 3.07. The van der Waals surface area contributed by atoms with Gasteiger partial charge in [-0.15, -0.1) is 0 Å². The van der Waals surface area contributed by atoms with Gasteiger partial charge in [0.25, 0.3) is 0 Å². The maximum absolute atomic E-state index is 8.59. The highest BCUT2D eigenvalue weighted by atomic mass is 16.5. The van der Waals surface area contributed by atoms with Gasteiger partial charge < -0.3 is 20.6 Å². The molecule has 0 spiro atoms. The van der Waals surface area contributed by atoms with Gasteiger partial charge in [-0.25, -0.2) is 0 Å². The van der Waals surface area contributed by atoms with E-state index < -0.39 is 0 Å². The molecule has 0 saturated carbocycles. The minimum atomic E-state index is -0.0575. The summed E-state index contributed by atoms with van der Waals surface area (Å²) in [4.78, 5) is 6.44. The summed E-state index contributed by atoms with van der Waals surface area (Å²) < 4.78 is 5.48. The lowest BCUT2D eigenvalue weighted by Crippen LogP contribution is -2.53. The van der Waals surface area contributed by atoms with Crippen molar-refractivity contribution in [3.05, 3.63) is 24.0 Å². The van der Waals surface area contributed by atoms with E-state index in [1.165, 1.54) is 0 Å². The lowest BCUT2D eigenvalue weighted by Gasteiger charge is -2.43. The van der Waals surface area contributed by atoms with Crippen LogP contribution in [0.4, 0.5) is 5.69 Å². The van der Waals surface area contributed by atoms with Crippen LogP contribution in [0.2, 0.25) is 0 Å². The lowest BCUT2D eigenvalue weighted by molar-refractivity contribution is 0.0643. The van der Waals surface area contributed by atoms with E-state index in [2.05, 4.69) is 28.9 Å². The number of anilines is 1. The highest BCUT2D eigenvalue weighted by Gasteiger charge is 2.30. The number of nitrogens with zero attached hydrogens (tertiary/aromatic N) is 3. The summed E-state index contributed by atoms with van der Waals surface area (Å²) in [7, 11) is 0. The molecule has 0 unspecified atom stereocenters. The SMILES string of the molecule is CC1(C)COCCN1c1ccc(/C(N)=N/O)nc1. The van der Waals surface area contributed by atoms with Crippen molar-refractivity contribution in [2.45, 2.75) is 19.4 Å². The molecule has 1 aromatic rings. The molecule has 98 valence electrons. The van der Waals surface area contributed by atoms with Crippen molar-refractivity contribution in [3.8, 4) is 0 Å². The molecule has 18 heavy (non-hydrogen) atoms. The maximum atomic E-state index is 8.59. The summed E-state index contributed by atoms with van der Waals surface area (Å²) in [6.07, 6.45) is 1.74. The molecule has 0 amide bonds. The number of oxime groups is 1. The molecule has 0 aliphatic carbocycles. The Morgan fingerprint density at radius 2 is 2.33 bits per heavy atom. The van der Waals surface area contributed by atoms with Gasteiger partial charge in [0.1, 0.15) is 5.69 Å². The first-order chi connectivity index (χ1) is 8.54. The monoisotopic (exact) mass is 250 g/mol. The van der Waals surface area contributed by atoms with Crippen LogP contribution < -0.4 is 10.6 Å². The zero-order valence-corrected chi connectivity index (χ0v) is 10.6. The zero-order chi connectivity index (χ0) is 13.2. The Morgan fingerprint density at radius 3 is 2.89 bits per heavy atom. The molecule has 6 nitrogen and oxygen atoms in total. The number of aromatic nitrogens is 1. The molecule has 2 heterocycles. The smallest absolute Gasteiger partial charge is 0.188 e. The second-order valence-electron chi connectivity index (χ2n) is 4.90. The standard InChI is InChI=1S/C12H18N4O2/c1-12(2)8-18-6-5-16(12)9-3-4-10(14-7-9)11(13)15-17/h3-4,7,17H,5-6,8H2,1-2H3,(H2,13,15). The summed E-state index contributed by atoms with van der Waals surface area (Å²) in [5.41, 5.74) is 6.90. The summed E-state index contributed by atoms with van der Waals surface area (Å²) in [5.74, 6) is 0.0165. The van der Waals surface area contributed by atoms with Gasteiger partial charge >= 0.3 is 0 Å². The Kier molecular flexibility index (Phi) is 3.38. The van der Waals surface area contributed by atoms with Crippen molar-refractivity contribution in [1.82, 2.24) is 4.98 Å². The molecule has 1 saturated heterocycles. The van der Waals surface area contributed by atoms with E-state index in [0.29, 0.717) is 18.9 Å². The van der Waals surface area contributed by atoms with Crippen molar-refractivity contribution >= 4 is 11.5 Å². The minimum absolute atomic E-state index is 0.0165. The van der Waals surface area contributed by atoms with E-state index in [1.807, 2.05) is 6.07 Å². The quantitative estimate of drug-likeness (QED) is 0.351. The van der Waals surface area contributed by atoms with Gasteiger partial charge in [-0.1, -0.05) is 5.16 Å². The zero-order valence-electron chi connectivity index (χ0n) is 10.6. The normalized spacial score (nSPS) is 19.9. The first-order valence-corrected chi connectivity index (χ1v) is 5.84. The Morgan fingerprint density at radius 1 is 1.56 bits per heavy atom. The molecule has 1 aromatic heterocycles. The summed E-state index contributed by atoms with van der Waals surface area (Å²) in [6, 6.07) is 3.67. The largest absolute Gasteiger partial charge is 0.409 e. The topological polar surface area (TPSA) is 84.0 Å². The molecule has 1 fully saturated rings. The number of rotatable bonds is 2. The molecule has 6 heteroatoms. The second-order valence-corrected chi connectivity index (χ2v) is 4.90. The summed E-state index contributed by atoms with van der Waals surface area (Å²) in [5, 5.41) is 11.5. The van der Waals surface area contributed by atoms with E-state index in [4.69, 9.17) is 15.7 Å². The average molecular weight is 250 g/mol. The fourth-order valence-electron chi connectivity index (χ4n) is 2.09. The van der Waals surface area contributed by atoms with E-state index in [-0.39, 0.29) is 11.4 Å². The molecule has 3 N–H and O–H groups in total. The Labute approximate surface area is 106 Å². The third-order valence-corrected chi connectivity index (χ3v) is 3.07. The number of hydrogen-bond acceptors (Lipinski definition) is 5. The Hall–Kier alpha value is -1.82. The molecule has 0 atom stereocenters. The number of morpholine rings is 1. The number of ether oxygens (including phenoxy) is 1. The van der Waals surface area contributed by atoms with Crippen molar-refractivity contribution in [2.75, 3.05) is 24.7 Å². The van der Waals surface area contributed by atoms with Crippen molar-refractivity contribution in [3.63, 3.8) is 0 Å². The first-order valence-electron chi connectivity index (χ1n) is 5.84. The fraction of sp³-hybridized carbons (Fsp3) is 0.500. The highest BCUT2D eigenvalue weighted by molar-refractivity contribution is 5.95. The molecule has 1 aliphatic heterocycles. The van der Waals surface area contributed by atoms with Crippen molar-refractivity contribution < 1.29 is 9.94 Å². The average Bonchev–Trinajstić information content (AvgIpc) is 2.37. The van der Waals surface area contributed by atoms with Crippen LogP contribution in [0.3, 0.4) is 0 Å². The van der Waals surface area contributed by atoms with Gasteiger partial charge in [-0.05, 0) is 26.0 Å². The molecule has 0 radical (unpaired) electrons. The van der Waals surface area contributed by atoms with E-state index >= 15 is 0 Å². The van der Waals surface area contributed by atoms with Gasteiger partial charge in [-0.2, -0.15) is 0 Å². The van der Waals surface area contributed by atoms with Crippen LogP contribution in [0.25, 0.3) is 0 Å². The molecular weight excluding hydrogens is 232 g/mol. The molecule has 2 rings (SSSR count). The van der Waals surface area contributed by atoms with Crippen LogP contribution in [0.15, 0.2) is 23.5 Å². The number of hydrogen-bond donors (Lipinski definition) is 2. The van der Waals surface area contributed by atoms with Gasteiger partial charge in [-0.3, -0.25) is 4.98 Å². The predicted octanol–water partition coefficient (Wildman–Crippen LogP) is 0.791. The van der Waals surface area contributed by atoms with Crippen molar-refractivity contribution in [2.24, 2.45) is 10.9 Å². The van der Waals surface area contributed by atoms with Gasteiger partial charge in [0.15, 0.2) is 5.84 Å². The van der Waals surface area contributed by atoms with E-state index in [9.17, 15) is 0 Å². The fourth-order valence-corrected chi connectivity index (χ4v) is 2.09. The lowest BCUT2D eigenvalue weighted by atomic mass is 10.0. The highest BCUT2D eigenvalue weighted by Crippen LogP contribution is 2.26. The maximum Gasteiger partial charge on any atom is 0.188 e. The second kappa shape index (κ2) is 4.81. The first kappa shape index (κ1) is 12.6. The van der Waals surface area contributed by atoms with Crippen LogP contribution in [0.1, 0.15) is 19.5 Å². The molecular formula is C12H18N4O2. The van der Waals surface area contributed by atoms with Gasteiger partial charge in [0.05, 0.1) is 30.6 Å². The Balaban J connectivity index is 2.23.